The summed E-state index contributed by atoms with van der Waals surface area (Å²) in [5.41, 5.74) is 0.397. The number of halogens is 2. The third kappa shape index (κ3) is 10.6. The van der Waals surface area contributed by atoms with Crippen LogP contribution in [0.5, 0.6) is 0 Å². The fourth-order valence-electron chi connectivity index (χ4n) is 5.30. The van der Waals surface area contributed by atoms with Crippen LogP contribution < -0.4 is 5.01 Å². The summed E-state index contributed by atoms with van der Waals surface area (Å²) < 4.78 is 10.1. The average molecular weight is 701 g/mol. The lowest BCUT2D eigenvalue weighted by Crippen LogP contribution is -2.48. The van der Waals surface area contributed by atoms with Crippen LogP contribution in [0.15, 0.2) is 39.8 Å². The molecule has 0 fully saturated rings. The number of hydrogen-bond donors (Lipinski definition) is 1. The van der Waals surface area contributed by atoms with Gasteiger partial charge in [0.15, 0.2) is 11.3 Å². The molecule has 1 N–H and O–H groups in total. The van der Waals surface area contributed by atoms with Crippen LogP contribution >= 0.6 is 35.0 Å². The summed E-state index contributed by atoms with van der Waals surface area (Å²) in [6.45, 7) is 14.2. The zero-order valence-corrected chi connectivity index (χ0v) is 30.2. The van der Waals surface area contributed by atoms with Crippen molar-refractivity contribution in [1.82, 2.24) is 0 Å². The molecule has 256 valence electrons. The summed E-state index contributed by atoms with van der Waals surface area (Å²) in [5, 5.41) is 21.4. The minimum absolute atomic E-state index is 0.00866. The molecule has 0 amide bonds. The van der Waals surface area contributed by atoms with Crippen LogP contribution in [-0.4, -0.2) is 70.6 Å². The standard InChI is InChI=1S/C17H29NO3S.C16H18Cl2N2O4/c1-5-8-14(18-21-6-2)17-15(19)10-13(11-16(17)20)9-12(4)22-7-3;1-4-23-14(21)12-9-16(3,15(22)24-5-2)20(19-12)13-7-6-10(17)8-11(13)18/h12-13,19H,5-11H2,1-4H3;6-8H,4-5,9H2,1-3H3/b18-14+;. The first-order chi connectivity index (χ1) is 21.9. The van der Waals surface area contributed by atoms with E-state index in [1.807, 2.05) is 25.6 Å². The quantitative estimate of drug-likeness (QED) is 0.117. The van der Waals surface area contributed by atoms with Crippen molar-refractivity contribution in [1.29, 1.82) is 0 Å². The van der Waals surface area contributed by atoms with E-state index in [4.69, 9.17) is 37.5 Å². The third-order valence-electron chi connectivity index (χ3n) is 7.28. The molecule has 0 radical (unpaired) electrons. The number of hydrazone groups is 1. The number of carbonyl (C=O) groups is 3. The summed E-state index contributed by atoms with van der Waals surface area (Å²) in [6.07, 6.45) is 3.62. The second kappa shape index (κ2) is 19.2. The van der Waals surface area contributed by atoms with Crippen LogP contribution in [0.1, 0.15) is 87.0 Å². The first kappa shape index (κ1) is 39.4. The smallest absolute Gasteiger partial charge is 0.354 e. The minimum Gasteiger partial charge on any atom is -0.511 e. The van der Waals surface area contributed by atoms with Gasteiger partial charge in [-0.05, 0) is 70.4 Å². The van der Waals surface area contributed by atoms with Gasteiger partial charge in [0.25, 0.3) is 0 Å². The molecule has 0 spiro atoms. The number of aliphatic hydroxyl groups excluding tert-OH is 1. The van der Waals surface area contributed by atoms with Gasteiger partial charge in [-0.15, -0.1) is 0 Å². The van der Waals surface area contributed by atoms with Crippen LogP contribution in [0.3, 0.4) is 0 Å². The minimum atomic E-state index is -1.20. The second-order valence-corrected chi connectivity index (χ2v) is 13.6. The van der Waals surface area contributed by atoms with Gasteiger partial charge < -0.3 is 19.4 Å². The highest BCUT2D eigenvalue weighted by Gasteiger charge is 2.49. The number of ether oxygens (including phenoxy) is 2. The maximum Gasteiger partial charge on any atom is 0.354 e. The lowest BCUT2D eigenvalue weighted by atomic mass is 9.82. The number of oxime groups is 1. The SMILES string of the molecule is CCC/C(=N\OCC)C1=C(O)CC(CC(C)SCC)CC1=O.CCOC(=O)C1=NN(c2ccc(Cl)cc2Cl)C(C)(C(=O)OCC)C1. The molecule has 1 aromatic rings. The topological polar surface area (TPSA) is 127 Å². The van der Waals surface area contributed by atoms with E-state index < -0.39 is 17.5 Å². The Morgan fingerprint density at radius 1 is 1.13 bits per heavy atom. The molecule has 1 aromatic carbocycles. The number of thioether (sulfide) groups is 1. The number of benzene rings is 1. The number of Topliss-reactive ketones (excluding diaryl/α,β-unsaturated/α-hetero) is 1. The Bertz CT molecular complexity index is 1320. The highest BCUT2D eigenvalue weighted by molar-refractivity contribution is 7.99. The Morgan fingerprint density at radius 2 is 1.83 bits per heavy atom. The van der Waals surface area contributed by atoms with Crippen LogP contribution in [0, 0.1) is 5.92 Å². The third-order valence-corrected chi connectivity index (χ3v) is 8.92. The number of nitrogens with zero attached hydrogens (tertiary/aromatic N) is 3. The van der Waals surface area contributed by atoms with Crippen LogP contribution in [0.25, 0.3) is 0 Å². The fraction of sp³-hybridized carbons (Fsp3) is 0.606. The van der Waals surface area contributed by atoms with Gasteiger partial charge in [-0.25, -0.2) is 14.6 Å². The monoisotopic (exact) mass is 699 g/mol. The largest absolute Gasteiger partial charge is 0.511 e. The first-order valence-corrected chi connectivity index (χ1v) is 17.6. The molecule has 0 aromatic heterocycles. The molecule has 1 heterocycles. The van der Waals surface area contributed by atoms with Gasteiger partial charge in [-0.3, -0.25) is 4.79 Å². The van der Waals surface area contributed by atoms with Crippen LogP contribution in [0.2, 0.25) is 10.0 Å². The number of hydrogen-bond acceptors (Lipinski definition) is 11. The lowest BCUT2D eigenvalue weighted by Gasteiger charge is -2.32. The Morgan fingerprint density at radius 3 is 2.39 bits per heavy atom. The van der Waals surface area contributed by atoms with E-state index in [2.05, 4.69) is 24.1 Å². The van der Waals surface area contributed by atoms with Crippen molar-refractivity contribution >= 4 is 69.8 Å². The van der Waals surface area contributed by atoms with Gasteiger partial charge in [0.2, 0.25) is 0 Å². The average Bonchev–Trinajstić information content (AvgIpc) is 3.34. The molecule has 0 bridgehead atoms. The van der Waals surface area contributed by atoms with E-state index in [1.54, 1.807) is 39.0 Å². The second-order valence-electron chi connectivity index (χ2n) is 11.1. The van der Waals surface area contributed by atoms with Gasteiger partial charge in [0.1, 0.15) is 18.1 Å². The summed E-state index contributed by atoms with van der Waals surface area (Å²) in [4.78, 5) is 42.1. The summed E-state index contributed by atoms with van der Waals surface area (Å²) in [6, 6.07) is 4.81. The molecule has 3 unspecified atom stereocenters. The van der Waals surface area contributed by atoms with Crippen molar-refractivity contribution in [2.45, 2.75) is 97.8 Å². The predicted octanol–water partition coefficient (Wildman–Crippen LogP) is 7.95. The Labute approximate surface area is 286 Å². The molecule has 3 rings (SSSR count). The number of rotatable bonds is 14. The molecule has 0 saturated carbocycles. The van der Waals surface area contributed by atoms with Crippen molar-refractivity contribution in [3.05, 3.63) is 39.6 Å². The summed E-state index contributed by atoms with van der Waals surface area (Å²) in [5.74, 6) is 0.451. The van der Waals surface area contributed by atoms with E-state index in [0.29, 0.717) is 58.1 Å². The maximum absolute atomic E-state index is 12.5. The Hall–Kier alpha value is -2.76. The van der Waals surface area contributed by atoms with E-state index >= 15 is 0 Å². The number of carbonyl (C=O) groups excluding carboxylic acids is 3. The lowest BCUT2D eigenvalue weighted by molar-refractivity contribution is -0.148. The molecule has 2 aliphatic rings. The Balaban J connectivity index is 0.000000322. The first-order valence-electron chi connectivity index (χ1n) is 15.8. The molecule has 13 heteroatoms. The Kier molecular flexibility index (Phi) is 16.4. The molecular weight excluding hydrogens is 653 g/mol. The fourth-order valence-corrected chi connectivity index (χ4v) is 6.76. The molecule has 1 aliphatic carbocycles. The van der Waals surface area contributed by atoms with Gasteiger partial charge in [0.05, 0.1) is 35.2 Å². The summed E-state index contributed by atoms with van der Waals surface area (Å²) in [7, 11) is 0. The molecular formula is C33H47Cl2N3O7S. The van der Waals surface area contributed by atoms with Crippen molar-refractivity contribution in [2.24, 2.45) is 16.2 Å². The molecule has 1 aliphatic heterocycles. The zero-order valence-electron chi connectivity index (χ0n) is 27.9. The molecule has 46 heavy (non-hydrogen) atoms. The van der Waals surface area contributed by atoms with Crippen molar-refractivity contribution in [2.75, 3.05) is 30.6 Å². The number of anilines is 1. The van der Waals surface area contributed by atoms with Crippen molar-refractivity contribution in [3.8, 4) is 0 Å². The van der Waals surface area contributed by atoms with Crippen molar-refractivity contribution < 1.29 is 33.8 Å². The van der Waals surface area contributed by atoms with E-state index in [-0.39, 0.29) is 42.8 Å². The normalized spacial score (nSPS) is 20.5. The summed E-state index contributed by atoms with van der Waals surface area (Å²) >= 11 is 14.1. The van der Waals surface area contributed by atoms with E-state index in [1.165, 1.54) is 5.01 Å². The van der Waals surface area contributed by atoms with Gasteiger partial charge in [0, 0.05) is 29.5 Å². The number of ketones is 1. The molecule has 3 atom stereocenters. The molecule has 10 nitrogen and oxygen atoms in total. The number of esters is 2. The van der Waals surface area contributed by atoms with Crippen LogP contribution in [0.4, 0.5) is 5.69 Å². The predicted molar refractivity (Wildman–Crippen MR) is 186 cm³/mol. The van der Waals surface area contributed by atoms with E-state index in [0.717, 1.165) is 18.6 Å². The maximum atomic E-state index is 12.5. The van der Waals surface area contributed by atoms with E-state index in [9.17, 15) is 19.5 Å². The van der Waals surface area contributed by atoms with Crippen LogP contribution in [-0.2, 0) is 28.7 Å². The number of aliphatic hydroxyl groups is 1. The molecule has 0 saturated heterocycles. The highest BCUT2D eigenvalue weighted by Crippen LogP contribution is 2.39. The van der Waals surface area contributed by atoms with Gasteiger partial charge in [-0.2, -0.15) is 16.9 Å². The van der Waals surface area contributed by atoms with Gasteiger partial charge >= 0.3 is 11.9 Å². The van der Waals surface area contributed by atoms with Gasteiger partial charge in [-0.1, -0.05) is 55.5 Å². The zero-order chi connectivity index (χ0) is 34.4. The highest BCUT2D eigenvalue weighted by atomic mass is 35.5. The van der Waals surface area contributed by atoms with Crippen molar-refractivity contribution in [3.63, 3.8) is 0 Å². The number of allylic oxidation sites excluding steroid dienone is 2.